The zero-order valence-electron chi connectivity index (χ0n) is 10.1. The predicted octanol–water partition coefficient (Wildman–Crippen LogP) is -1.59. The maximum Gasteiger partial charge on any atom is 0.346 e. The first-order chi connectivity index (χ1) is 8.00. The molecule has 2 heterocycles. The molecule has 0 spiro atoms. The fourth-order valence-electron chi connectivity index (χ4n) is 1.99. The van der Waals surface area contributed by atoms with Crippen LogP contribution in [0.3, 0.4) is 0 Å². The Bertz CT molecular complexity index is 524. The Hall–Kier alpha value is -1.63. The lowest BCUT2D eigenvalue weighted by molar-refractivity contribution is 0.487. The van der Waals surface area contributed by atoms with Crippen LogP contribution in [-0.2, 0) is 14.1 Å². The summed E-state index contributed by atoms with van der Waals surface area (Å²) < 4.78 is 2.27. The van der Waals surface area contributed by atoms with Crippen LogP contribution >= 0.6 is 0 Å². The Morgan fingerprint density at radius 1 is 1.24 bits per heavy atom. The molecule has 0 unspecified atom stereocenters. The van der Waals surface area contributed by atoms with E-state index in [-0.39, 0.29) is 11.6 Å². The topological polar surface area (TPSA) is 86.2 Å². The van der Waals surface area contributed by atoms with Crippen molar-refractivity contribution in [3.63, 3.8) is 0 Å². The van der Waals surface area contributed by atoms with Crippen molar-refractivity contribution in [3.05, 3.63) is 20.8 Å². The van der Waals surface area contributed by atoms with Crippen molar-refractivity contribution in [2.45, 2.75) is 18.9 Å². The molecule has 7 nitrogen and oxygen atoms in total. The molecule has 0 radical (unpaired) electrons. The molecule has 2 rings (SSSR count). The number of hydrogen-bond donors (Lipinski definition) is 1. The van der Waals surface area contributed by atoms with Gasteiger partial charge in [0.1, 0.15) is 0 Å². The molecule has 1 fully saturated rings. The van der Waals surface area contributed by atoms with Crippen molar-refractivity contribution in [2.24, 2.45) is 19.8 Å². The summed E-state index contributed by atoms with van der Waals surface area (Å²) in [5, 5.41) is 4.04. The lowest BCUT2D eigenvalue weighted by atomic mass is 10.1. The molecular formula is C10H17N5O2. The largest absolute Gasteiger partial charge is 0.350 e. The summed E-state index contributed by atoms with van der Waals surface area (Å²) >= 11 is 0. The van der Waals surface area contributed by atoms with Gasteiger partial charge in [-0.15, -0.1) is 5.10 Å². The van der Waals surface area contributed by atoms with Crippen LogP contribution in [0.5, 0.6) is 0 Å². The highest BCUT2D eigenvalue weighted by atomic mass is 16.2. The van der Waals surface area contributed by atoms with Gasteiger partial charge < -0.3 is 10.6 Å². The number of anilines is 1. The number of hydrogen-bond acceptors (Lipinski definition) is 5. The molecule has 0 aliphatic carbocycles. The maximum absolute atomic E-state index is 11.9. The van der Waals surface area contributed by atoms with E-state index in [4.69, 9.17) is 5.73 Å². The number of nitrogens with two attached hydrogens (primary N) is 1. The minimum atomic E-state index is -0.410. The van der Waals surface area contributed by atoms with E-state index in [2.05, 4.69) is 5.10 Å². The number of piperidine rings is 1. The molecule has 0 saturated carbocycles. The summed E-state index contributed by atoms with van der Waals surface area (Å²) in [6, 6.07) is 0.197. The van der Waals surface area contributed by atoms with Gasteiger partial charge in [0, 0.05) is 33.2 Å². The quantitative estimate of drug-likeness (QED) is 0.638. The first-order valence-electron chi connectivity index (χ1n) is 5.65. The van der Waals surface area contributed by atoms with Crippen molar-refractivity contribution in [2.75, 3.05) is 18.0 Å². The fourth-order valence-corrected chi connectivity index (χ4v) is 1.99. The number of nitrogens with zero attached hydrogens (tertiary/aromatic N) is 4. The second-order valence-corrected chi connectivity index (χ2v) is 4.42. The second-order valence-electron chi connectivity index (χ2n) is 4.42. The Morgan fingerprint density at radius 2 is 1.82 bits per heavy atom. The Morgan fingerprint density at radius 3 is 2.41 bits per heavy atom. The highest BCUT2D eigenvalue weighted by Crippen LogP contribution is 2.12. The third-order valence-electron chi connectivity index (χ3n) is 3.14. The SMILES string of the molecule is Cn1nc(N2CCC(N)CC2)c(=O)n(C)c1=O. The van der Waals surface area contributed by atoms with Gasteiger partial charge in [0.2, 0.25) is 5.82 Å². The molecule has 0 bridgehead atoms. The van der Waals surface area contributed by atoms with E-state index in [1.807, 2.05) is 4.90 Å². The van der Waals surface area contributed by atoms with Gasteiger partial charge in [0.05, 0.1) is 0 Å². The molecule has 94 valence electrons. The molecule has 2 N–H and O–H groups in total. The molecule has 1 aliphatic rings. The van der Waals surface area contributed by atoms with Crippen LogP contribution in [0.25, 0.3) is 0 Å². The molecule has 1 aliphatic heterocycles. The Labute approximate surface area is 98.5 Å². The second kappa shape index (κ2) is 4.33. The zero-order chi connectivity index (χ0) is 12.6. The molecule has 17 heavy (non-hydrogen) atoms. The summed E-state index contributed by atoms with van der Waals surface area (Å²) in [4.78, 5) is 25.3. The highest BCUT2D eigenvalue weighted by molar-refractivity contribution is 5.35. The normalized spacial score (nSPS) is 17.5. The van der Waals surface area contributed by atoms with Crippen molar-refractivity contribution < 1.29 is 0 Å². The summed E-state index contributed by atoms with van der Waals surface area (Å²) in [5.41, 5.74) is 5.06. The standard InChI is InChI=1S/C10H17N5O2/c1-13-9(16)8(12-14(2)10(13)17)15-5-3-7(11)4-6-15/h7H,3-6,11H2,1-2H3. The van der Waals surface area contributed by atoms with E-state index >= 15 is 0 Å². The number of rotatable bonds is 1. The van der Waals surface area contributed by atoms with Crippen LogP contribution in [0.4, 0.5) is 5.82 Å². The van der Waals surface area contributed by atoms with Gasteiger partial charge in [-0.1, -0.05) is 0 Å². The van der Waals surface area contributed by atoms with Gasteiger partial charge in [-0.05, 0) is 12.8 Å². The van der Waals surface area contributed by atoms with Gasteiger partial charge in [-0.25, -0.2) is 9.48 Å². The van der Waals surface area contributed by atoms with Gasteiger partial charge in [0.15, 0.2) is 0 Å². The molecule has 0 aromatic carbocycles. The molecule has 1 aromatic heterocycles. The molecule has 0 atom stereocenters. The number of aromatic nitrogens is 3. The predicted molar refractivity (Wildman–Crippen MR) is 64.1 cm³/mol. The van der Waals surface area contributed by atoms with Gasteiger partial charge in [-0.2, -0.15) is 0 Å². The van der Waals surface area contributed by atoms with Crippen molar-refractivity contribution >= 4 is 5.82 Å². The third-order valence-corrected chi connectivity index (χ3v) is 3.14. The number of aryl methyl sites for hydroxylation is 1. The lowest BCUT2D eigenvalue weighted by Gasteiger charge is -2.30. The van der Waals surface area contributed by atoms with Crippen LogP contribution in [-0.4, -0.2) is 33.5 Å². The van der Waals surface area contributed by atoms with Gasteiger partial charge in [-0.3, -0.25) is 9.36 Å². The molecule has 1 saturated heterocycles. The van der Waals surface area contributed by atoms with E-state index in [9.17, 15) is 9.59 Å². The van der Waals surface area contributed by atoms with E-state index in [0.29, 0.717) is 18.9 Å². The van der Waals surface area contributed by atoms with Crippen molar-refractivity contribution in [1.82, 2.24) is 14.3 Å². The van der Waals surface area contributed by atoms with Gasteiger partial charge in [0.25, 0.3) is 5.56 Å². The van der Waals surface area contributed by atoms with Gasteiger partial charge >= 0.3 is 5.69 Å². The maximum atomic E-state index is 11.9. The summed E-state index contributed by atoms with van der Waals surface area (Å²) in [7, 11) is 3.01. The van der Waals surface area contributed by atoms with Crippen molar-refractivity contribution in [3.8, 4) is 0 Å². The average molecular weight is 239 g/mol. The van der Waals surface area contributed by atoms with Crippen molar-refractivity contribution in [1.29, 1.82) is 0 Å². The van der Waals surface area contributed by atoms with E-state index < -0.39 is 5.69 Å². The summed E-state index contributed by atoms with van der Waals surface area (Å²) in [6.45, 7) is 1.42. The van der Waals surface area contributed by atoms with E-state index in [0.717, 1.165) is 17.4 Å². The zero-order valence-corrected chi connectivity index (χ0v) is 10.1. The van der Waals surface area contributed by atoms with E-state index in [1.165, 1.54) is 11.7 Å². The molecule has 1 aromatic rings. The summed E-state index contributed by atoms with van der Waals surface area (Å²) in [5.74, 6) is 0.335. The third kappa shape index (κ3) is 2.10. The monoisotopic (exact) mass is 239 g/mol. The lowest BCUT2D eigenvalue weighted by Crippen LogP contribution is -2.47. The minimum Gasteiger partial charge on any atom is -0.350 e. The van der Waals surface area contributed by atoms with Crippen LogP contribution in [0.1, 0.15) is 12.8 Å². The minimum absolute atomic E-state index is 0.197. The average Bonchev–Trinajstić information content (AvgIpc) is 2.32. The first kappa shape index (κ1) is 11.8. The first-order valence-corrected chi connectivity index (χ1v) is 5.65. The molecular weight excluding hydrogens is 222 g/mol. The smallest absolute Gasteiger partial charge is 0.346 e. The fraction of sp³-hybridized carbons (Fsp3) is 0.700. The van der Waals surface area contributed by atoms with Crippen LogP contribution in [0, 0.1) is 0 Å². The highest BCUT2D eigenvalue weighted by Gasteiger charge is 2.21. The Balaban J connectivity index is 2.40. The molecule has 0 amide bonds. The van der Waals surface area contributed by atoms with Crippen LogP contribution in [0.2, 0.25) is 0 Å². The Kier molecular flexibility index (Phi) is 3.01. The van der Waals surface area contributed by atoms with E-state index in [1.54, 1.807) is 7.05 Å². The summed E-state index contributed by atoms with van der Waals surface area (Å²) in [6.07, 6.45) is 1.68. The van der Waals surface area contributed by atoms with Crippen LogP contribution < -0.4 is 21.9 Å². The van der Waals surface area contributed by atoms with Crippen LogP contribution in [0.15, 0.2) is 9.59 Å². The molecule has 7 heteroatoms.